The highest BCUT2D eigenvalue weighted by Gasteiger charge is 2.23. The van der Waals surface area contributed by atoms with E-state index in [1.807, 2.05) is 6.07 Å². The van der Waals surface area contributed by atoms with E-state index in [-0.39, 0.29) is 11.8 Å². The third kappa shape index (κ3) is 5.50. The molecule has 2 aliphatic rings. The fraction of sp³-hybridized carbons (Fsp3) is 0.500. The summed E-state index contributed by atoms with van der Waals surface area (Å²) in [6, 6.07) is 7.50. The molecule has 168 valence electrons. The van der Waals surface area contributed by atoms with Gasteiger partial charge in [-0.05, 0) is 30.5 Å². The molecule has 1 amide bonds. The maximum Gasteiger partial charge on any atom is 0.344 e. The molecule has 1 aromatic heterocycles. The van der Waals surface area contributed by atoms with Gasteiger partial charge in [-0.15, -0.1) is 5.10 Å². The molecule has 2 saturated heterocycles. The number of rotatable bonds is 5. The van der Waals surface area contributed by atoms with Crippen molar-refractivity contribution >= 4 is 39.2 Å². The van der Waals surface area contributed by atoms with E-state index >= 15 is 0 Å². The minimum atomic E-state index is -3.43. The minimum absolute atomic E-state index is 0.128. The predicted octanol–water partition coefficient (Wildman–Crippen LogP) is 2.29. The zero-order chi connectivity index (χ0) is 22.0. The average molecular weight is 467 g/mol. The standard InChI is InChI=1S/C20H27ClN6O3S/c1-31(29,30)23-19-6-9-27(22-19)20(28)26-12-10-24(11-13-26)15-16-4-5-18(17(21)14-16)25-7-2-3-8-25/h4-6,9,14H,2-3,7-8,10-13,15H2,1H3,(H,22,23). The number of halogens is 1. The molecule has 9 nitrogen and oxygen atoms in total. The highest BCUT2D eigenvalue weighted by atomic mass is 35.5. The molecule has 2 fully saturated rings. The van der Waals surface area contributed by atoms with E-state index in [1.54, 1.807) is 4.90 Å². The van der Waals surface area contributed by atoms with Crippen molar-refractivity contribution in [3.63, 3.8) is 0 Å². The topological polar surface area (TPSA) is 90.8 Å². The van der Waals surface area contributed by atoms with Crippen molar-refractivity contribution in [1.29, 1.82) is 0 Å². The van der Waals surface area contributed by atoms with Crippen molar-refractivity contribution in [3.05, 3.63) is 41.0 Å². The van der Waals surface area contributed by atoms with Gasteiger partial charge in [-0.2, -0.15) is 4.68 Å². The van der Waals surface area contributed by atoms with Gasteiger partial charge in [0.2, 0.25) is 10.0 Å². The van der Waals surface area contributed by atoms with Crippen molar-refractivity contribution < 1.29 is 13.2 Å². The Morgan fingerprint density at radius 3 is 2.45 bits per heavy atom. The highest BCUT2D eigenvalue weighted by molar-refractivity contribution is 7.92. The summed E-state index contributed by atoms with van der Waals surface area (Å²) >= 11 is 6.54. The third-order valence-corrected chi connectivity index (χ3v) is 6.47. The molecule has 1 aromatic carbocycles. The molecule has 11 heteroatoms. The van der Waals surface area contributed by atoms with Crippen LogP contribution in [0, 0.1) is 0 Å². The summed E-state index contributed by atoms with van der Waals surface area (Å²) in [6.07, 6.45) is 4.94. The second kappa shape index (κ2) is 9.05. The summed E-state index contributed by atoms with van der Waals surface area (Å²) in [4.78, 5) is 19.0. The lowest BCUT2D eigenvalue weighted by atomic mass is 10.1. The summed E-state index contributed by atoms with van der Waals surface area (Å²) in [5.41, 5.74) is 2.28. The summed E-state index contributed by atoms with van der Waals surface area (Å²) in [5.74, 6) is 0.128. The van der Waals surface area contributed by atoms with Crippen molar-refractivity contribution in [2.45, 2.75) is 19.4 Å². The van der Waals surface area contributed by atoms with Gasteiger partial charge >= 0.3 is 6.03 Å². The SMILES string of the molecule is CS(=O)(=O)Nc1ccn(C(=O)N2CCN(Cc3ccc(N4CCCC4)c(Cl)c3)CC2)n1. The number of piperazine rings is 1. The monoisotopic (exact) mass is 466 g/mol. The van der Waals surface area contributed by atoms with Gasteiger partial charge in [0.1, 0.15) is 0 Å². The summed E-state index contributed by atoms with van der Waals surface area (Å²) in [6.45, 7) is 5.56. The van der Waals surface area contributed by atoms with Crippen molar-refractivity contribution in [3.8, 4) is 0 Å². The fourth-order valence-electron chi connectivity index (χ4n) is 4.04. The van der Waals surface area contributed by atoms with Crippen LogP contribution in [0.25, 0.3) is 0 Å². The Morgan fingerprint density at radius 2 is 1.81 bits per heavy atom. The molecule has 3 heterocycles. The Hall–Kier alpha value is -2.30. The lowest BCUT2D eigenvalue weighted by Crippen LogP contribution is -2.49. The van der Waals surface area contributed by atoms with E-state index in [1.165, 1.54) is 29.8 Å². The summed E-state index contributed by atoms with van der Waals surface area (Å²) in [5, 5.41) is 4.81. The fourth-order valence-corrected chi connectivity index (χ4v) is 4.85. The molecule has 0 atom stereocenters. The number of benzene rings is 1. The van der Waals surface area contributed by atoms with Crippen LogP contribution in [0.2, 0.25) is 5.02 Å². The van der Waals surface area contributed by atoms with Gasteiger partial charge in [-0.25, -0.2) is 13.2 Å². The Bertz CT molecular complexity index is 1040. The Labute approximate surface area is 187 Å². The maximum atomic E-state index is 12.7. The number of hydrogen-bond donors (Lipinski definition) is 1. The number of nitrogens with one attached hydrogen (secondary N) is 1. The third-order valence-electron chi connectivity index (χ3n) is 5.58. The van der Waals surface area contributed by atoms with E-state index in [4.69, 9.17) is 11.6 Å². The van der Waals surface area contributed by atoms with Crippen LogP contribution in [-0.2, 0) is 16.6 Å². The maximum absolute atomic E-state index is 12.7. The summed E-state index contributed by atoms with van der Waals surface area (Å²) < 4.78 is 26.0. The van der Waals surface area contributed by atoms with E-state index < -0.39 is 10.0 Å². The highest BCUT2D eigenvalue weighted by Crippen LogP contribution is 2.30. The molecular formula is C20H27ClN6O3S. The molecule has 1 N–H and O–H groups in total. The first-order valence-electron chi connectivity index (χ1n) is 10.4. The number of amides is 1. The van der Waals surface area contributed by atoms with E-state index in [0.29, 0.717) is 13.1 Å². The molecule has 31 heavy (non-hydrogen) atoms. The molecule has 0 aliphatic carbocycles. The van der Waals surface area contributed by atoms with Crippen LogP contribution in [0.4, 0.5) is 16.3 Å². The Kier molecular flexibility index (Phi) is 6.40. The molecule has 2 aliphatic heterocycles. The quantitative estimate of drug-likeness (QED) is 0.727. The van der Waals surface area contributed by atoms with E-state index in [0.717, 1.165) is 55.3 Å². The van der Waals surface area contributed by atoms with Gasteiger partial charge in [0.05, 0.1) is 17.0 Å². The first-order chi connectivity index (χ1) is 14.8. The van der Waals surface area contributed by atoms with Crippen LogP contribution in [-0.4, -0.2) is 79.6 Å². The lowest BCUT2D eigenvalue weighted by Gasteiger charge is -2.34. The van der Waals surface area contributed by atoms with Crippen LogP contribution >= 0.6 is 11.6 Å². The van der Waals surface area contributed by atoms with Crippen LogP contribution < -0.4 is 9.62 Å². The number of anilines is 2. The largest absolute Gasteiger partial charge is 0.370 e. The number of sulfonamides is 1. The van der Waals surface area contributed by atoms with Gasteiger partial charge in [0, 0.05) is 58.1 Å². The zero-order valence-corrected chi connectivity index (χ0v) is 19.1. The van der Waals surface area contributed by atoms with Crippen LogP contribution in [0.1, 0.15) is 18.4 Å². The number of hydrogen-bond acceptors (Lipinski definition) is 6. The minimum Gasteiger partial charge on any atom is -0.370 e. The second-order valence-corrected chi connectivity index (χ2v) is 10.2. The molecule has 0 saturated carbocycles. The summed E-state index contributed by atoms with van der Waals surface area (Å²) in [7, 11) is -3.43. The molecule has 4 rings (SSSR count). The number of nitrogens with zero attached hydrogens (tertiary/aromatic N) is 5. The van der Waals surface area contributed by atoms with E-state index in [9.17, 15) is 13.2 Å². The van der Waals surface area contributed by atoms with Gasteiger partial charge < -0.3 is 9.80 Å². The van der Waals surface area contributed by atoms with Crippen LogP contribution in [0.5, 0.6) is 0 Å². The van der Waals surface area contributed by atoms with Gasteiger partial charge in [0.25, 0.3) is 0 Å². The van der Waals surface area contributed by atoms with E-state index in [2.05, 4.69) is 31.8 Å². The number of aromatic nitrogens is 2. The van der Waals surface area contributed by atoms with Crippen LogP contribution in [0.3, 0.4) is 0 Å². The normalized spacial score (nSPS) is 17.9. The van der Waals surface area contributed by atoms with Crippen molar-refractivity contribution in [1.82, 2.24) is 19.6 Å². The number of carbonyl (C=O) groups is 1. The smallest absolute Gasteiger partial charge is 0.344 e. The van der Waals surface area contributed by atoms with Crippen LogP contribution in [0.15, 0.2) is 30.5 Å². The average Bonchev–Trinajstić information content (AvgIpc) is 3.39. The number of carbonyl (C=O) groups excluding carboxylic acids is 1. The second-order valence-electron chi connectivity index (χ2n) is 8.05. The first-order valence-corrected chi connectivity index (χ1v) is 12.6. The molecule has 0 radical (unpaired) electrons. The molecular weight excluding hydrogens is 440 g/mol. The molecule has 0 bridgehead atoms. The molecule has 2 aromatic rings. The van der Waals surface area contributed by atoms with Gasteiger partial charge in [-0.1, -0.05) is 17.7 Å². The lowest BCUT2D eigenvalue weighted by molar-refractivity contribution is 0.134. The Morgan fingerprint density at radius 1 is 1.10 bits per heavy atom. The van der Waals surface area contributed by atoms with Gasteiger partial charge in [0.15, 0.2) is 5.82 Å². The molecule has 0 unspecified atom stereocenters. The Balaban J connectivity index is 1.30. The van der Waals surface area contributed by atoms with Crippen molar-refractivity contribution in [2.24, 2.45) is 0 Å². The van der Waals surface area contributed by atoms with Crippen molar-refractivity contribution in [2.75, 3.05) is 55.1 Å². The zero-order valence-electron chi connectivity index (χ0n) is 17.5. The predicted molar refractivity (Wildman–Crippen MR) is 121 cm³/mol. The first kappa shape index (κ1) is 21.9. The van der Waals surface area contributed by atoms with Gasteiger partial charge in [-0.3, -0.25) is 9.62 Å². The molecule has 0 spiro atoms.